The van der Waals surface area contributed by atoms with Gasteiger partial charge in [0.25, 0.3) is 0 Å². The molecule has 65 heavy (non-hydrogen) atoms. The van der Waals surface area contributed by atoms with Crippen LogP contribution >= 0.6 is 23.2 Å². The monoisotopic (exact) mass is 910 g/mol. The normalized spacial score (nSPS) is 17.2. The van der Waals surface area contributed by atoms with E-state index < -0.39 is 0 Å². The number of halogens is 2. The second-order valence-electron chi connectivity index (χ2n) is 16.7. The third-order valence-electron chi connectivity index (χ3n) is 12.3. The molecule has 4 aliphatic rings. The number of rotatable bonds is 10. The smallest absolute Gasteiger partial charge is 0.231 e. The number of ether oxygens (including phenoxy) is 6. The Labute approximate surface area is 390 Å². The molecule has 0 radical (unpaired) electrons. The van der Waals surface area contributed by atoms with Crippen LogP contribution in [0.3, 0.4) is 0 Å². The van der Waals surface area contributed by atoms with Gasteiger partial charge < -0.3 is 38.9 Å². The number of hydroxylamine groups is 2. The molecule has 0 fully saturated rings. The van der Waals surface area contributed by atoms with E-state index in [0.717, 1.165) is 108 Å². The number of hydrogen-bond donors (Lipinski definition) is 2. The highest BCUT2D eigenvalue weighted by Crippen LogP contribution is 2.43. The van der Waals surface area contributed by atoms with E-state index in [1.807, 2.05) is 98.8 Å². The maximum Gasteiger partial charge on any atom is 0.231 e. The molecule has 2 atom stereocenters. The van der Waals surface area contributed by atoms with Crippen molar-refractivity contribution in [2.24, 2.45) is 0 Å². The van der Waals surface area contributed by atoms with Crippen molar-refractivity contribution in [2.75, 3.05) is 26.7 Å². The van der Waals surface area contributed by atoms with Crippen LogP contribution in [0, 0.1) is 27.7 Å². The first kappa shape index (κ1) is 44.3. The van der Waals surface area contributed by atoms with E-state index in [9.17, 15) is 5.21 Å². The van der Waals surface area contributed by atoms with Crippen LogP contribution in [0.2, 0.25) is 10.0 Å². The van der Waals surface area contributed by atoms with Gasteiger partial charge in [0.1, 0.15) is 24.7 Å². The third-order valence-corrected chi connectivity index (χ3v) is 13.1. The van der Waals surface area contributed by atoms with Crippen molar-refractivity contribution in [3.63, 3.8) is 0 Å². The number of nitrogens with one attached hydrogen (secondary N) is 1. The minimum atomic E-state index is -0.307. The summed E-state index contributed by atoms with van der Waals surface area (Å²) in [6.07, 6.45) is 9.89. The fourth-order valence-corrected chi connectivity index (χ4v) is 9.56. The van der Waals surface area contributed by atoms with Gasteiger partial charge in [-0.2, -0.15) is 5.06 Å². The fourth-order valence-electron chi connectivity index (χ4n) is 8.74. The average Bonchev–Trinajstić information content (AvgIpc) is 3.97. The summed E-state index contributed by atoms with van der Waals surface area (Å²) in [6.45, 7) is 11.0. The lowest BCUT2D eigenvalue weighted by molar-refractivity contribution is -0.119. The maximum absolute atomic E-state index is 10.7. The van der Waals surface area contributed by atoms with Gasteiger partial charge in [-0.3, -0.25) is 0 Å². The first-order valence-corrected chi connectivity index (χ1v) is 22.7. The van der Waals surface area contributed by atoms with Gasteiger partial charge in [0.05, 0.1) is 22.1 Å². The molecule has 0 spiro atoms. The molecular formula is C54H52Cl2N2O7. The van der Waals surface area contributed by atoms with Crippen LogP contribution in [0.5, 0.6) is 34.5 Å². The van der Waals surface area contributed by atoms with E-state index in [-0.39, 0.29) is 25.7 Å². The van der Waals surface area contributed by atoms with E-state index in [0.29, 0.717) is 37.0 Å². The molecule has 9 nitrogen and oxygen atoms in total. The predicted molar refractivity (Wildman–Crippen MR) is 256 cm³/mol. The van der Waals surface area contributed by atoms with Crippen LogP contribution < -0.4 is 33.7 Å². The van der Waals surface area contributed by atoms with Gasteiger partial charge in [-0.25, -0.2) is 0 Å². The van der Waals surface area contributed by atoms with Crippen molar-refractivity contribution in [3.8, 4) is 34.5 Å². The molecule has 0 bridgehead atoms. The van der Waals surface area contributed by atoms with E-state index >= 15 is 0 Å². The molecular weight excluding hydrogens is 860 g/mol. The third kappa shape index (κ3) is 9.71. The zero-order valence-corrected chi connectivity index (χ0v) is 38.5. The largest absolute Gasteiger partial charge is 0.487 e. The minimum Gasteiger partial charge on any atom is -0.487 e. The van der Waals surface area contributed by atoms with Gasteiger partial charge in [-0.1, -0.05) is 120 Å². The molecule has 2 unspecified atom stereocenters. The fraction of sp³-hybridized carbons (Fsp3) is 0.259. The Morgan fingerprint density at radius 2 is 1.09 bits per heavy atom. The van der Waals surface area contributed by atoms with Gasteiger partial charge in [0.15, 0.2) is 23.0 Å². The van der Waals surface area contributed by atoms with Crippen LogP contribution in [0.25, 0.3) is 12.2 Å². The van der Waals surface area contributed by atoms with Crippen LogP contribution in [-0.2, 0) is 26.1 Å². The zero-order valence-electron chi connectivity index (χ0n) is 37.0. The molecule has 2 N–H and O–H groups in total. The lowest BCUT2D eigenvalue weighted by Gasteiger charge is -2.32. The Bertz CT molecular complexity index is 2760. The summed E-state index contributed by atoms with van der Waals surface area (Å²) < 4.78 is 34.3. The minimum absolute atomic E-state index is 0.0861. The van der Waals surface area contributed by atoms with E-state index in [2.05, 4.69) is 55.6 Å². The van der Waals surface area contributed by atoms with Gasteiger partial charge in [-0.05, 0) is 132 Å². The standard InChI is InChI=1S/C27H26ClNO4.C27H26ClNO3/c1-17-13-24-25(33-16-32-24)14-20(17)8-9-23-22-12-18(2)27(26(28)21(22)10-11-29(23)30)31-15-19-6-4-3-5-7-19;1-17-13-24-25(32-16-31-24)14-20(17)8-9-23-22-12-18(2)27(26(28)21(22)10-11-29-23)30-15-19-6-4-3-5-7-19/h3-9,12-14,23,30H,10-11,15-16H2,1-2H3;3-9,12-14,23,29H,10-11,15-16H2,1-2H3/b2*9-8+. The first-order chi connectivity index (χ1) is 31.6. The number of hydrogen-bond acceptors (Lipinski definition) is 9. The van der Waals surface area contributed by atoms with Crippen LogP contribution in [0.15, 0.2) is 109 Å². The summed E-state index contributed by atoms with van der Waals surface area (Å²) in [4.78, 5) is 0. The second-order valence-corrected chi connectivity index (χ2v) is 17.5. The molecule has 6 aromatic carbocycles. The van der Waals surface area contributed by atoms with Crippen molar-refractivity contribution in [1.29, 1.82) is 0 Å². The highest BCUT2D eigenvalue weighted by atomic mass is 35.5. The highest BCUT2D eigenvalue weighted by molar-refractivity contribution is 6.33. The van der Waals surface area contributed by atoms with Crippen LogP contribution in [0.1, 0.15) is 78.8 Å². The first-order valence-electron chi connectivity index (χ1n) is 21.9. The van der Waals surface area contributed by atoms with Gasteiger partial charge in [0.2, 0.25) is 13.6 Å². The van der Waals surface area contributed by atoms with Gasteiger partial charge in [0, 0.05) is 13.1 Å². The molecule has 334 valence electrons. The number of aryl methyl sites for hydroxylation is 4. The van der Waals surface area contributed by atoms with E-state index in [4.69, 9.17) is 51.6 Å². The Hall–Kier alpha value is -5.94. The SMILES string of the molecule is Cc1cc2c(cc1/C=C/C1NCCc3c1cc(C)c(OCc1ccccc1)c3Cl)OCO2.Cc1cc2c(cc1/C=C/C1c3cc(C)c(OCc4ccccc4)c(Cl)c3CCN1O)OCO2. The summed E-state index contributed by atoms with van der Waals surface area (Å²) in [5.41, 5.74) is 13.0. The lowest BCUT2D eigenvalue weighted by Crippen LogP contribution is -2.32. The van der Waals surface area contributed by atoms with Crippen molar-refractivity contribution in [2.45, 2.75) is 65.8 Å². The van der Waals surface area contributed by atoms with Crippen molar-refractivity contribution < 1.29 is 33.6 Å². The maximum atomic E-state index is 10.7. The van der Waals surface area contributed by atoms with Crippen LogP contribution in [0.4, 0.5) is 0 Å². The van der Waals surface area contributed by atoms with Crippen molar-refractivity contribution >= 4 is 35.4 Å². The molecule has 6 aromatic rings. The van der Waals surface area contributed by atoms with Crippen molar-refractivity contribution in [1.82, 2.24) is 10.4 Å². The molecule has 10 rings (SSSR count). The number of nitrogens with zero attached hydrogens (tertiary/aromatic N) is 1. The predicted octanol–water partition coefficient (Wildman–Crippen LogP) is 12.4. The second kappa shape index (κ2) is 19.7. The highest BCUT2D eigenvalue weighted by Gasteiger charge is 2.29. The summed E-state index contributed by atoms with van der Waals surface area (Å²) >= 11 is 13.7. The van der Waals surface area contributed by atoms with Gasteiger partial charge in [-0.15, -0.1) is 0 Å². The molecule has 0 aromatic heterocycles. The topological polar surface area (TPSA) is 90.9 Å². The Morgan fingerprint density at radius 1 is 0.615 bits per heavy atom. The molecule has 4 heterocycles. The number of benzene rings is 6. The molecule has 0 saturated carbocycles. The molecule has 0 aliphatic carbocycles. The van der Waals surface area contributed by atoms with E-state index in [1.165, 1.54) is 10.6 Å². The molecule has 11 heteroatoms. The summed E-state index contributed by atoms with van der Waals surface area (Å²) in [7, 11) is 0. The Balaban J connectivity index is 0.000000164. The van der Waals surface area contributed by atoms with E-state index in [1.54, 1.807) is 0 Å². The quantitative estimate of drug-likeness (QED) is 0.139. The average molecular weight is 912 g/mol. The molecule has 4 aliphatic heterocycles. The summed E-state index contributed by atoms with van der Waals surface area (Å²) in [5, 5.41) is 17.0. The Kier molecular flexibility index (Phi) is 13.4. The van der Waals surface area contributed by atoms with Crippen molar-refractivity contribution in [3.05, 3.63) is 186 Å². The lowest BCUT2D eigenvalue weighted by atomic mass is 9.91. The van der Waals surface area contributed by atoms with Crippen LogP contribution in [-0.4, -0.2) is 36.9 Å². The molecule has 0 saturated heterocycles. The summed E-state index contributed by atoms with van der Waals surface area (Å²) in [6, 6.07) is 32.3. The van der Waals surface area contributed by atoms with Gasteiger partial charge >= 0.3 is 0 Å². The molecule has 0 amide bonds. The number of fused-ring (bicyclic) bond motifs is 4. The summed E-state index contributed by atoms with van der Waals surface area (Å²) in [5.74, 6) is 4.61. The zero-order chi connectivity index (χ0) is 45.0. The Morgan fingerprint density at radius 3 is 1.63 bits per heavy atom.